The first-order valence-electron chi connectivity index (χ1n) is 8.55. The van der Waals surface area contributed by atoms with Gasteiger partial charge >= 0.3 is 0 Å². The normalized spacial score (nSPS) is 15.2. The van der Waals surface area contributed by atoms with Crippen molar-refractivity contribution in [2.45, 2.75) is 6.92 Å². The molecule has 3 rings (SSSR count). The summed E-state index contributed by atoms with van der Waals surface area (Å²) in [5, 5.41) is 6.29. The summed E-state index contributed by atoms with van der Waals surface area (Å²) in [6.45, 7) is 2.62. The van der Waals surface area contributed by atoms with Gasteiger partial charge in [-0.2, -0.15) is 0 Å². The van der Waals surface area contributed by atoms with Gasteiger partial charge in [-0.15, -0.1) is 0 Å². The van der Waals surface area contributed by atoms with Crippen molar-refractivity contribution in [2.24, 2.45) is 0 Å². The third kappa shape index (κ3) is 5.43. The summed E-state index contributed by atoms with van der Waals surface area (Å²) in [7, 11) is 0. The molecule has 0 bridgehead atoms. The minimum Gasteiger partial charge on any atom is -0.361 e. The molecule has 0 aromatic heterocycles. The fourth-order valence-corrected chi connectivity index (χ4v) is 4.12. The number of carbonyl (C=O) groups is 2. The SMILES string of the molecule is Cc1cccc(NC(=S)NCCN2C(=O)S/C(=C\c3cccc(Br)c3)C2=O)c1. The zero-order valence-corrected chi connectivity index (χ0v) is 18.3. The fourth-order valence-electron chi connectivity index (χ4n) is 2.62. The predicted octanol–water partition coefficient (Wildman–Crippen LogP) is 4.78. The Kier molecular flexibility index (Phi) is 6.88. The first-order valence-corrected chi connectivity index (χ1v) is 10.6. The number of benzene rings is 2. The average molecular weight is 476 g/mol. The summed E-state index contributed by atoms with van der Waals surface area (Å²) < 4.78 is 0.916. The lowest BCUT2D eigenvalue weighted by atomic mass is 10.2. The summed E-state index contributed by atoms with van der Waals surface area (Å²) in [5.74, 6) is -0.283. The van der Waals surface area contributed by atoms with Crippen LogP contribution in [-0.4, -0.2) is 34.2 Å². The van der Waals surface area contributed by atoms with E-state index in [2.05, 4.69) is 26.6 Å². The molecule has 0 radical (unpaired) electrons. The van der Waals surface area contributed by atoms with E-state index in [-0.39, 0.29) is 17.7 Å². The van der Waals surface area contributed by atoms with Crippen molar-refractivity contribution in [2.75, 3.05) is 18.4 Å². The van der Waals surface area contributed by atoms with Crippen LogP contribution in [0.2, 0.25) is 0 Å². The summed E-state index contributed by atoms with van der Waals surface area (Å²) in [4.78, 5) is 26.4. The molecule has 0 atom stereocenters. The van der Waals surface area contributed by atoms with Crippen LogP contribution in [0.5, 0.6) is 0 Å². The molecule has 2 aromatic rings. The van der Waals surface area contributed by atoms with E-state index >= 15 is 0 Å². The molecule has 8 heteroatoms. The van der Waals surface area contributed by atoms with E-state index in [0.717, 1.165) is 33.0 Å². The van der Waals surface area contributed by atoms with Crippen molar-refractivity contribution in [3.05, 3.63) is 69.0 Å². The molecule has 1 aliphatic heterocycles. The highest BCUT2D eigenvalue weighted by Gasteiger charge is 2.34. The summed E-state index contributed by atoms with van der Waals surface area (Å²) in [6, 6.07) is 15.4. The number of rotatable bonds is 5. The number of amides is 2. The van der Waals surface area contributed by atoms with Crippen molar-refractivity contribution in [1.29, 1.82) is 0 Å². The lowest BCUT2D eigenvalue weighted by Gasteiger charge is -2.15. The van der Waals surface area contributed by atoms with Gasteiger partial charge in [-0.25, -0.2) is 0 Å². The predicted molar refractivity (Wildman–Crippen MR) is 122 cm³/mol. The highest BCUT2D eigenvalue weighted by atomic mass is 79.9. The van der Waals surface area contributed by atoms with Crippen molar-refractivity contribution in [1.82, 2.24) is 10.2 Å². The van der Waals surface area contributed by atoms with Crippen LogP contribution in [0, 0.1) is 6.92 Å². The summed E-state index contributed by atoms with van der Waals surface area (Å²) in [6.07, 6.45) is 1.73. The maximum atomic E-state index is 12.5. The van der Waals surface area contributed by atoms with Crippen LogP contribution in [0.25, 0.3) is 6.08 Å². The van der Waals surface area contributed by atoms with Crippen molar-refractivity contribution in [3.8, 4) is 0 Å². The second-order valence-corrected chi connectivity index (χ2v) is 8.46. The number of halogens is 1. The number of thioether (sulfide) groups is 1. The van der Waals surface area contributed by atoms with Crippen LogP contribution in [0.15, 0.2) is 57.9 Å². The Hall–Kier alpha value is -2.16. The molecule has 1 saturated heterocycles. The van der Waals surface area contributed by atoms with Gasteiger partial charge in [0.15, 0.2) is 5.11 Å². The Morgan fingerprint density at radius 1 is 1.21 bits per heavy atom. The molecule has 2 amide bonds. The van der Waals surface area contributed by atoms with Crippen molar-refractivity contribution in [3.63, 3.8) is 0 Å². The first-order chi connectivity index (χ1) is 13.4. The smallest absolute Gasteiger partial charge is 0.293 e. The molecule has 1 fully saturated rings. The third-order valence-corrected chi connectivity index (χ3v) is 5.56. The Morgan fingerprint density at radius 3 is 2.75 bits per heavy atom. The molecular weight excluding hydrogens is 458 g/mol. The number of hydrogen-bond donors (Lipinski definition) is 2. The molecule has 0 unspecified atom stereocenters. The maximum Gasteiger partial charge on any atom is 0.293 e. The minimum absolute atomic E-state index is 0.246. The largest absolute Gasteiger partial charge is 0.361 e. The zero-order valence-electron chi connectivity index (χ0n) is 15.1. The van der Waals surface area contributed by atoms with Gasteiger partial charge in [0.25, 0.3) is 11.1 Å². The highest BCUT2D eigenvalue weighted by molar-refractivity contribution is 9.10. The number of thiocarbonyl (C=S) groups is 1. The molecule has 0 spiro atoms. The number of imide groups is 1. The lowest BCUT2D eigenvalue weighted by molar-refractivity contribution is -0.122. The molecule has 28 heavy (non-hydrogen) atoms. The molecule has 2 N–H and O–H groups in total. The quantitative estimate of drug-likeness (QED) is 0.479. The monoisotopic (exact) mass is 475 g/mol. The van der Waals surface area contributed by atoms with E-state index in [9.17, 15) is 9.59 Å². The Bertz CT molecular complexity index is 962. The number of nitrogens with zero attached hydrogens (tertiary/aromatic N) is 1. The molecule has 1 heterocycles. The standard InChI is InChI=1S/C20H18BrN3O2S2/c1-13-4-2-7-16(10-13)23-19(27)22-8-9-24-18(25)17(28-20(24)26)12-14-5-3-6-15(21)11-14/h2-7,10-12H,8-9H2,1H3,(H2,22,23,27)/b17-12-. The van der Waals surface area contributed by atoms with Crippen molar-refractivity contribution < 1.29 is 9.59 Å². The van der Waals surface area contributed by atoms with E-state index in [4.69, 9.17) is 12.2 Å². The maximum absolute atomic E-state index is 12.5. The van der Waals surface area contributed by atoms with E-state index in [1.807, 2.05) is 55.5 Å². The molecule has 5 nitrogen and oxygen atoms in total. The van der Waals surface area contributed by atoms with Gasteiger partial charge < -0.3 is 10.6 Å². The van der Waals surface area contributed by atoms with Crippen LogP contribution in [0.4, 0.5) is 10.5 Å². The van der Waals surface area contributed by atoms with Gasteiger partial charge in [-0.3, -0.25) is 14.5 Å². The highest BCUT2D eigenvalue weighted by Crippen LogP contribution is 2.32. The van der Waals surface area contributed by atoms with Gasteiger partial charge in [-0.1, -0.05) is 40.2 Å². The van der Waals surface area contributed by atoms with Crippen LogP contribution in [0.3, 0.4) is 0 Å². The van der Waals surface area contributed by atoms with E-state index in [0.29, 0.717) is 16.6 Å². The molecule has 144 valence electrons. The zero-order chi connectivity index (χ0) is 20.1. The molecule has 0 aliphatic carbocycles. The second-order valence-electron chi connectivity index (χ2n) is 6.14. The molecule has 0 saturated carbocycles. The van der Waals surface area contributed by atoms with Crippen LogP contribution in [0.1, 0.15) is 11.1 Å². The van der Waals surface area contributed by atoms with E-state index in [1.54, 1.807) is 6.08 Å². The van der Waals surface area contributed by atoms with Crippen molar-refractivity contribution >= 4 is 67.9 Å². The minimum atomic E-state index is -0.283. The third-order valence-electron chi connectivity index (χ3n) is 3.92. The average Bonchev–Trinajstić information content (AvgIpc) is 2.89. The second kappa shape index (κ2) is 9.36. The van der Waals surface area contributed by atoms with E-state index in [1.165, 1.54) is 4.90 Å². The van der Waals surface area contributed by atoms with Gasteiger partial charge in [0.2, 0.25) is 0 Å². The number of anilines is 1. The lowest BCUT2D eigenvalue weighted by Crippen LogP contribution is -2.38. The molecule has 2 aromatic carbocycles. The van der Waals surface area contributed by atoms with E-state index < -0.39 is 0 Å². The Labute approximate surface area is 181 Å². The van der Waals surface area contributed by atoms with Gasteiger partial charge in [0.05, 0.1) is 4.91 Å². The number of nitrogens with one attached hydrogen (secondary N) is 2. The van der Waals surface area contributed by atoms with Crippen LogP contribution in [-0.2, 0) is 4.79 Å². The first kappa shape index (κ1) is 20.6. The van der Waals surface area contributed by atoms with Crippen LogP contribution >= 0.6 is 39.9 Å². The van der Waals surface area contributed by atoms with Gasteiger partial charge in [0, 0.05) is 23.2 Å². The molecular formula is C20H18BrN3O2S2. The number of hydrogen-bond acceptors (Lipinski definition) is 4. The fraction of sp³-hybridized carbons (Fsp3) is 0.150. The summed E-state index contributed by atoms with van der Waals surface area (Å²) in [5.41, 5.74) is 2.88. The Balaban J connectivity index is 1.54. The number of carbonyl (C=O) groups excluding carboxylic acids is 2. The van der Waals surface area contributed by atoms with Gasteiger partial charge in [0.1, 0.15) is 0 Å². The van der Waals surface area contributed by atoms with Gasteiger partial charge in [-0.05, 0) is 72.4 Å². The molecule has 1 aliphatic rings. The number of aryl methyl sites for hydroxylation is 1. The summed E-state index contributed by atoms with van der Waals surface area (Å²) >= 11 is 9.62. The Morgan fingerprint density at radius 2 is 2.00 bits per heavy atom. The van der Waals surface area contributed by atoms with Crippen LogP contribution < -0.4 is 10.6 Å². The topological polar surface area (TPSA) is 61.4 Å².